The monoisotopic (exact) mass is 389 g/mol. The van der Waals surface area contributed by atoms with E-state index in [1.165, 1.54) is 16.3 Å². The number of aliphatic carboxylic acids is 1. The highest BCUT2D eigenvalue weighted by atomic mass is 16.5. The second kappa shape index (κ2) is 8.66. The number of likely N-dealkylation sites (tertiary alicyclic amines) is 1. The molecule has 1 heterocycles. The number of carboxylic acid groups (broad SMARTS) is 1. The van der Waals surface area contributed by atoms with Crippen LogP contribution in [0.15, 0.2) is 66.7 Å². The molecular weight excluding hydrogens is 362 g/mol. The minimum Gasteiger partial charge on any atom is -0.494 e. The zero-order chi connectivity index (χ0) is 20.2. The van der Waals surface area contributed by atoms with Crippen molar-refractivity contribution in [2.75, 3.05) is 19.7 Å². The van der Waals surface area contributed by atoms with Crippen molar-refractivity contribution in [3.63, 3.8) is 0 Å². The zero-order valence-electron chi connectivity index (χ0n) is 16.8. The summed E-state index contributed by atoms with van der Waals surface area (Å²) < 4.78 is 5.95. The quantitative estimate of drug-likeness (QED) is 0.635. The highest BCUT2D eigenvalue weighted by molar-refractivity contribution is 5.83. The fraction of sp³-hybridized carbons (Fsp3) is 0.320. The Morgan fingerprint density at radius 1 is 1.10 bits per heavy atom. The molecule has 150 valence electrons. The van der Waals surface area contributed by atoms with Crippen molar-refractivity contribution < 1.29 is 14.6 Å². The molecule has 0 amide bonds. The Labute approximate surface area is 171 Å². The molecule has 1 saturated heterocycles. The van der Waals surface area contributed by atoms with Crippen LogP contribution in [0.1, 0.15) is 36.9 Å². The van der Waals surface area contributed by atoms with Crippen LogP contribution in [0.2, 0.25) is 0 Å². The Balaban J connectivity index is 1.81. The predicted octanol–water partition coefficient (Wildman–Crippen LogP) is 5.12. The summed E-state index contributed by atoms with van der Waals surface area (Å²) in [5.74, 6) is -0.165. The Morgan fingerprint density at radius 2 is 1.86 bits per heavy atom. The number of hydrogen-bond acceptors (Lipinski definition) is 3. The number of nitrogens with zero attached hydrogens (tertiary/aromatic N) is 1. The molecule has 3 aromatic rings. The number of rotatable bonds is 6. The number of carbonyl (C=O) groups is 1. The predicted molar refractivity (Wildman–Crippen MR) is 115 cm³/mol. The van der Waals surface area contributed by atoms with Crippen molar-refractivity contribution in [3.8, 4) is 5.75 Å². The minimum absolute atomic E-state index is 0.0375. The Morgan fingerprint density at radius 3 is 2.66 bits per heavy atom. The summed E-state index contributed by atoms with van der Waals surface area (Å²) >= 11 is 0. The van der Waals surface area contributed by atoms with Crippen LogP contribution in [0, 0.1) is 5.92 Å². The van der Waals surface area contributed by atoms with E-state index in [1.54, 1.807) is 0 Å². The summed E-state index contributed by atoms with van der Waals surface area (Å²) in [6, 6.07) is 23.0. The van der Waals surface area contributed by atoms with Gasteiger partial charge in [0.1, 0.15) is 5.75 Å². The lowest BCUT2D eigenvalue weighted by molar-refractivity contribution is -0.143. The first-order valence-electron chi connectivity index (χ1n) is 10.3. The number of ether oxygens (including phenoxy) is 1. The first kappa shape index (κ1) is 19.5. The molecule has 2 atom stereocenters. The third-order valence-corrected chi connectivity index (χ3v) is 5.77. The second-order valence-electron chi connectivity index (χ2n) is 7.65. The van der Waals surface area contributed by atoms with E-state index in [0.717, 1.165) is 30.7 Å². The molecule has 0 radical (unpaired) electrons. The van der Waals surface area contributed by atoms with Crippen LogP contribution in [-0.2, 0) is 4.79 Å². The van der Waals surface area contributed by atoms with Gasteiger partial charge in [0.05, 0.1) is 18.6 Å². The number of carboxylic acids is 1. The van der Waals surface area contributed by atoms with E-state index in [9.17, 15) is 9.90 Å². The molecule has 2 unspecified atom stereocenters. The average molecular weight is 389 g/mol. The zero-order valence-corrected chi connectivity index (χ0v) is 16.8. The van der Waals surface area contributed by atoms with Gasteiger partial charge in [-0.2, -0.15) is 0 Å². The van der Waals surface area contributed by atoms with Gasteiger partial charge in [0.25, 0.3) is 0 Å². The molecule has 0 bridgehead atoms. The molecule has 29 heavy (non-hydrogen) atoms. The standard InChI is InChI=1S/C25H27NO3/c1-2-29-23-12-6-5-11-22(23)24(26-15-7-10-21(17-26)25(27)28)20-14-13-18-8-3-4-9-19(18)16-20/h3-6,8-9,11-14,16,21,24H,2,7,10,15,17H2,1H3,(H,27,28). The average Bonchev–Trinajstić information content (AvgIpc) is 2.75. The van der Waals surface area contributed by atoms with E-state index in [1.807, 2.05) is 31.2 Å². The van der Waals surface area contributed by atoms with E-state index in [4.69, 9.17) is 4.74 Å². The largest absolute Gasteiger partial charge is 0.494 e. The summed E-state index contributed by atoms with van der Waals surface area (Å²) in [5.41, 5.74) is 2.26. The maximum atomic E-state index is 11.7. The molecule has 3 aromatic carbocycles. The molecule has 1 aliphatic rings. The van der Waals surface area contributed by atoms with Crippen LogP contribution in [-0.4, -0.2) is 35.7 Å². The topological polar surface area (TPSA) is 49.8 Å². The fourth-order valence-electron chi connectivity index (χ4n) is 4.40. The van der Waals surface area contributed by atoms with E-state index in [-0.39, 0.29) is 12.0 Å². The van der Waals surface area contributed by atoms with Gasteiger partial charge in [-0.1, -0.05) is 54.6 Å². The van der Waals surface area contributed by atoms with Crippen molar-refractivity contribution in [1.82, 2.24) is 4.90 Å². The first-order chi connectivity index (χ1) is 14.2. The van der Waals surface area contributed by atoms with Gasteiger partial charge in [0, 0.05) is 12.1 Å². The smallest absolute Gasteiger partial charge is 0.307 e. The molecule has 4 rings (SSSR count). The Hall–Kier alpha value is -2.85. The third-order valence-electron chi connectivity index (χ3n) is 5.77. The number of piperidine rings is 1. The van der Waals surface area contributed by atoms with Gasteiger partial charge >= 0.3 is 5.97 Å². The van der Waals surface area contributed by atoms with Crippen molar-refractivity contribution >= 4 is 16.7 Å². The van der Waals surface area contributed by atoms with E-state index < -0.39 is 5.97 Å². The van der Waals surface area contributed by atoms with Crippen LogP contribution < -0.4 is 4.74 Å². The fourth-order valence-corrected chi connectivity index (χ4v) is 4.40. The van der Waals surface area contributed by atoms with E-state index in [2.05, 4.69) is 47.4 Å². The lowest BCUT2D eigenvalue weighted by Gasteiger charge is -2.38. The molecule has 4 heteroatoms. The molecule has 4 nitrogen and oxygen atoms in total. The Bertz CT molecular complexity index is 1000. The summed E-state index contributed by atoms with van der Waals surface area (Å²) in [6.07, 6.45) is 1.63. The highest BCUT2D eigenvalue weighted by Crippen LogP contribution is 2.38. The maximum absolute atomic E-state index is 11.7. The summed E-state index contributed by atoms with van der Waals surface area (Å²) in [7, 11) is 0. The van der Waals surface area contributed by atoms with E-state index >= 15 is 0 Å². The summed E-state index contributed by atoms with van der Waals surface area (Å²) in [4.78, 5) is 14.0. The van der Waals surface area contributed by atoms with Crippen molar-refractivity contribution in [1.29, 1.82) is 0 Å². The maximum Gasteiger partial charge on any atom is 0.307 e. The SMILES string of the molecule is CCOc1ccccc1C(c1ccc2ccccc2c1)N1CCCC(C(=O)O)C1. The molecular formula is C25H27NO3. The van der Waals surface area contributed by atoms with Gasteiger partial charge in [0.2, 0.25) is 0 Å². The van der Waals surface area contributed by atoms with Gasteiger partial charge in [-0.25, -0.2) is 0 Å². The molecule has 0 saturated carbocycles. The van der Waals surface area contributed by atoms with Crippen molar-refractivity contribution in [3.05, 3.63) is 77.9 Å². The van der Waals surface area contributed by atoms with Gasteiger partial charge in [0.15, 0.2) is 0 Å². The number of benzene rings is 3. The van der Waals surface area contributed by atoms with Gasteiger partial charge in [-0.3, -0.25) is 9.69 Å². The lowest BCUT2D eigenvalue weighted by atomic mass is 9.90. The van der Waals surface area contributed by atoms with Crippen molar-refractivity contribution in [2.45, 2.75) is 25.8 Å². The van der Waals surface area contributed by atoms with Crippen LogP contribution in [0.3, 0.4) is 0 Å². The Kier molecular flexibility index (Phi) is 5.81. The van der Waals surface area contributed by atoms with Crippen LogP contribution >= 0.6 is 0 Å². The first-order valence-corrected chi connectivity index (χ1v) is 10.3. The molecule has 1 fully saturated rings. The molecule has 1 N–H and O–H groups in total. The van der Waals surface area contributed by atoms with Gasteiger partial charge < -0.3 is 9.84 Å². The molecule has 1 aliphatic heterocycles. The van der Waals surface area contributed by atoms with Crippen LogP contribution in [0.5, 0.6) is 5.75 Å². The minimum atomic E-state index is -0.704. The van der Waals surface area contributed by atoms with Crippen LogP contribution in [0.25, 0.3) is 10.8 Å². The number of para-hydroxylation sites is 1. The number of hydrogen-bond donors (Lipinski definition) is 1. The summed E-state index contributed by atoms with van der Waals surface area (Å²) in [5, 5.41) is 12.0. The van der Waals surface area contributed by atoms with E-state index in [0.29, 0.717) is 13.2 Å². The van der Waals surface area contributed by atoms with Crippen molar-refractivity contribution in [2.24, 2.45) is 5.92 Å². The molecule has 0 aromatic heterocycles. The normalized spacial score (nSPS) is 18.4. The lowest BCUT2D eigenvalue weighted by Crippen LogP contribution is -2.41. The van der Waals surface area contributed by atoms with Gasteiger partial charge in [-0.15, -0.1) is 0 Å². The molecule has 0 spiro atoms. The summed E-state index contributed by atoms with van der Waals surface area (Å²) in [6.45, 7) is 4.01. The third kappa shape index (κ3) is 4.13. The molecule has 0 aliphatic carbocycles. The van der Waals surface area contributed by atoms with Crippen LogP contribution in [0.4, 0.5) is 0 Å². The second-order valence-corrected chi connectivity index (χ2v) is 7.65. The highest BCUT2D eigenvalue weighted by Gasteiger charge is 2.32. The van der Waals surface area contributed by atoms with Gasteiger partial charge in [-0.05, 0) is 54.8 Å². The number of fused-ring (bicyclic) bond motifs is 1.